The average Bonchev–Trinajstić information content (AvgIpc) is 2.03. The molecular formula is C8H15NO4. The van der Waals surface area contributed by atoms with Gasteiger partial charge < -0.3 is 14.9 Å². The first-order valence-corrected chi connectivity index (χ1v) is 4.05. The zero-order chi connectivity index (χ0) is 10.3. The van der Waals surface area contributed by atoms with Crippen molar-refractivity contribution in [3.8, 4) is 0 Å². The molecule has 0 saturated heterocycles. The van der Waals surface area contributed by atoms with Crippen LogP contribution in [0, 0.1) is 0 Å². The molecule has 0 fully saturated rings. The highest BCUT2D eigenvalue weighted by Crippen LogP contribution is 1.99. The molecule has 5 heteroatoms. The van der Waals surface area contributed by atoms with Crippen LogP contribution in [0.3, 0.4) is 0 Å². The molecule has 1 unspecified atom stereocenters. The number of hydrogen-bond acceptors (Lipinski definition) is 5. The van der Waals surface area contributed by atoms with Crippen molar-refractivity contribution in [3.05, 3.63) is 12.7 Å². The second-order valence-corrected chi connectivity index (χ2v) is 2.46. The van der Waals surface area contributed by atoms with Gasteiger partial charge in [0, 0.05) is 6.08 Å². The van der Waals surface area contributed by atoms with Crippen LogP contribution in [0.1, 0.15) is 19.8 Å². The molecule has 0 saturated carbocycles. The number of hydrogen-bond donors (Lipinski definition) is 3. The monoisotopic (exact) mass is 189 g/mol. The van der Waals surface area contributed by atoms with Crippen molar-refractivity contribution in [2.75, 3.05) is 0 Å². The first-order chi connectivity index (χ1) is 6.10. The maximum absolute atomic E-state index is 10.7. The van der Waals surface area contributed by atoms with Gasteiger partial charge in [0.2, 0.25) is 6.41 Å². The van der Waals surface area contributed by atoms with Gasteiger partial charge in [-0.1, -0.05) is 19.9 Å². The lowest BCUT2D eigenvalue weighted by atomic mass is 10.3. The molecule has 0 aliphatic rings. The lowest BCUT2D eigenvalue weighted by Crippen LogP contribution is -2.40. The van der Waals surface area contributed by atoms with E-state index in [1.54, 1.807) is 0 Å². The van der Waals surface area contributed by atoms with Crippen molar-refractivity contribution in [3.63, 3.8) is 0 Å². The average molecular weight is 189 g/mol. The van der Waals surface area contributed by atoms with Crippen LogP contribution in [-0.4, -0.2) is 28.8 Å². The lowest BCUT2D eigenvalue weighted by Gasteiger charge is -2.18. The standard InChI is InChI=1S/C8H15NO4/c1-3-5-6(9-8(11)12)13-7(10)4-2/h4,6,8-9,11-12H,2-3,5H2,1H3. The number of aliphatic hydroxyl groups excluding tert-OH is 1. The molecule has 5 nitrogen and oxygen atoms in total. The van der Waals surface area contributed by atoms with E-state index in [0.717, 1.165) is 12.5 Å². The van der Waals surface area contributed by atoms with Crippen LogP contribution in [0.15, 0.2) is 12.7 Å². The van der Waals surface area contributed by atoms with Gasteiger partial charge in [0.05, 0.1) is 0 Å². The van der Waals surface area contributed by atoms with Gasteiger partial charge in [-0.2, -0.15) is 0 Å². The van der Waals surface area contributed by atoms with Crippen LogP contribution in [0.2, 0.25) is 0 Å². The van der Waals surface area contributed by atoms with Crippen LogP contribution in [0.5, 0.6) is 0 Å². The normalized spacial score (nSPS) is 12.6. The summed E-state index contributed by atoms with van der Waals surface area (Å²) in [6.07, 6.45) is -0.0789. The molecule has 0 aromatic heterocycles. The van der Waals surface area contributed by atoms with Crippen molar-refractivity contribution < 1.29 is 19.7 Å². The zero-order valence-electron chi connectivity index (χ0n) is 7.56. The first-order valence-electron chi connectivity index (χ1n) is 4.05. The molecule has 0 aliphatic heterocycles. The topological polar surface area (TPSA) is 78.8 Å². The molecule has 0 aliphatic carbocycles. The third-order valence-electron chi connectivity index (χ3n) is 1.31. The van der Waals surface area contributed by atoms with Gasteiger partial charge in [-0.25, -0.2) is 10.1 Å². The van der Waals surface area contributed by atoms with E-state index in [9.17, 15) is 4.79 Å². The fourth-order valence-electron chi connectivity index (χ4n) is 0.793. The molecule has 0 heterocycles. The largest absolute Gasteiger partial charge is 0.443 e. The Balaban J connectivity index is 3.92. The molecule has 0 aromatic rings. The molecule has 76 valence electrons. The Morgan fingerprint density at radius 1 is 1.69 bits per heavy atom. The molecule has 0 rings (SSSR count). The van der Waals surface area contributed by atoms with Crippen molar-refractivity contribution in [1.82, 2.24) is 5.32 Å². The Kier molecular flexibility index (Phi) is 6.13. The van der Waals surface area contributed by atoms with Gasteiger partial charge in [-0.15, -0.1) is 0 Å². The molecule has 3 N–H and O–H groups in total. The van der Waals surface area contributed by atoms with Crippen LogP contribution < -0.4 is 5.32 Å². The highest BCUT2D eigenvalue weighted by molar-refractivity contribution is 5.81. The van der Waals surface area contributed by atoms with E-state index < -0.39 is 18.6 Å². The Labute approximate surface area is 77.0 Å². The van der Waals surface area contributed by atoms with Crippen molar-refractivity contribution in [2.24, 2.45) is 0 Å². The maximum atomic E-state index is 10.7. The highest BCUT2D eigenvalue weighted by Gasteiger charge is 2.13. The van der Waals surface area contributed by atoms with E-state index >= 15 is 0 Å². The molecular weight excluding hydrogens is 174 g/mol. The molecule has 0 spiro atoms. The molecule has 13 heavy (non-hydrogen) atoms. The Bertz CT molecular complexity index is 170. The summed E-state index contributed by atoms with van der Waals surface area (Å²) in [7, 11) is 0. The SMILES string of the molecule is C=CC(=O)OC(CCC)NC(O)O. The van der Waals surface area contributed by atoms with Gasteiger partial charge >= 0.3 is 5.97 Å². The summed E-state index contributed by atoms with van der Waals surface area (Å²) in [5.74, 6) is -0.591. The smallest absolute Gasteiger partial charge is 0.331 e. The summed E-state index contributed by atoms with van der Waals surface area (Å²) in [6, 6.07) is 0. The van der Waals surface area contributed by atoms with Gasteiger partial charge in [-0.3, -0.25) is 0 Å². The van der Waals surface area contributed by atoms with Crippen molar-refractivity contribution in [2.45, 2.75) is 32.4 Å². The summed E-state index contributed by atoms with van der Waals surface area (Å²) >= 11 is 0. The second-order valence-electron chi connectivity index (χ2n) is 2.46. The maximum Gasteiger partial charge on any atom is 0.331 e. The predicted octanol–water partition coefficient (Wildman–Crippen LogP) is -0.300. The number of carbonyl (C=O) groups is 1. The third-order valence-corrected chi connectivity index (χ3v) is 1.31. The van der Waals surface area contributed by atoms with Gasteiger partial charge in [-0.05, 0) is 6.42 Å². The third kappa shape index (κ3) is 6.27. The van der Waals surface area contributed by atoms with Crippen LogP contribution in [-0.2, 0) is 9.53 Å². The lowest BCUT2D eigenvalue weighted by molar-refractivity contribution is -0.154. The van der Waals surface area contributed by atoms with Crippen molar-refractivity contribution >= 4 is 5.97 Å². The Morgan fingerprint density at radius 2 is 2.31 bits per heavy atom. The van der Waals surface area contributed by atoms with Gasteiger partial charge in [0.25, 0.3) is 0 Å². The minimum atomic E-state index is -1.69. The fourth-order valence-corrected chi connectivity index (χ4v) is 0.793. The van der Waals surface area contributed by atoms with Crippen LogP contribution in [0.4, 0.5) is 0 Å². The Morgan fingerprint density at radius 3 is 2.69 bits per heavy atom. The number of rotatable bonds is 6. The summed E-state index contributed by atoms with van der Waals surface area (Å²) in [4.78, 5) is 10.7. The number of carbonyl (C=O) groups excluding carboxylic acids is 1. The first kappa shape index (κ1) is 12.1. The predicted molar refractivity (Wildman–Crippen MR) is 46.3 cm³/mol. The van der Waals surface area contributed by atoms with E-state index in [0.29, 0.717) is 6.42 Å². The number of ether oxygens (including phenoxy) is 1. The Hall–Kier alpha value is -0.910. The zero-order valence-corrected chi connectivity index (χ0v) is 7.56. The molecule has 0 bridgehead atoms. The van der Waals surface area contributed by atoms with Crippen LogP contribution >= 0.6 is 0 Å². The summed E-state index contributed by atoms with van der Waals surface area (Å²) in [5, 5.41) is 19.4. The van der Waals surface area contributed by atoms with E-state index in [-0.39, 0.29) is 0 Å². The minimum Gasteiger partial charge on any atom is -0.443 e. The number of nitrogens with one attached hydrogen (secondary N) is 1. The highest BCUT2D eigenvalue weighted by atomic mass is 16.6. The van der Waals surface area contributed by atoms with Gasteiger partial charge in [0.1, 0.15) is 0 Å². The van der Waals surface area contributed by atoms with E-state index in [1.165, 1.54) is 0 Å². The van der Waals surface area contributed by atoms with Crippen LogP contribution in [0.25, 0.3) is 0 Å². The molecule has 0 amide bonds. The molecule has 0 radical (unpaired) electrons. The number of esters is 1. The van der Waals surface area contributed by atoms with Gasteiger partial charge in [0.15, 0.2) is 6.23 Å². The molecule has 1 atom stereocenters. The summed E-state index contributed by atoms with van der Waals surface area (Å²) in [6.45, 7) is 5.11. The quantitative estimate of drug-likeness (QED) is 0.304. The van der Waals surface area contributed by atoms with E-state index in [2.05, 4.69) is 11.9 Å². The summed E-state index contributed by atoms with van der Waals surface area (Å²) in [5.41, 5.74) is 0. The van der Waals surface area contributed by atoms with E-state index in [4.69, 9.17) is 14.9 Å². The minimum absolute atomic E-state index is 0.511. The van der Waals surface area contributed by atoms with Crippen molar-refractivity contribution in [1.29, 1.82) is 0 Å². The van der Waals surface area contributed by atoms with E-state index in [1.807, 2.05) is 6.92 Å². The fraction of sp³-hybridized carbons (Fsp3) is 0.625. The number of aliphatic hydroxyl groups is 2. The summed E-state index contributed by atoms with van der Waals surface area (Å²) < 4.78 is 4.76. The molecule has 0 aromatic carbocycles. The second kappa shape index (κ2) is 6.59.